The minimum Gasteiger partial charge on any atom is -0.465 e. The highest BCUT2D eigenvalue weighted by Gasteiger charge is 2.58. The molecule has 0 saturated heterocycles. The number of nitrogens with one attached hydrogen (secondary N) is 1. The Hall–Kier alpha value is -2.36. The minimum atomic E-state index is -2.83. The molecule has 1 unspecified atom stereocenters. The molecule has 0 radical (unpaired) electrons. The Morgan fingerprint density at radius 3 is 2.70 bits per heavy atom. The van der Waals surface area contributed by atoms with Crippen LogP contribution in [0.15, 0.2) is 12.1 Å². The molecule has 126 valence electrons. The Kier molecular flexibility index (Phi) is 4.73. The van der Waals surface area contributed by atoms with Crippen LogP contribution in [0.4, 0.5) is 24.5 Å². The number of halogens is 3. The van der Waals surface area contributed by atoms with Crippen LogP contribution in [0.3, 0.4) is 0 Å². The number of nitro groups is 1. The molecule has 0 amide bonds. The van der Waals surface area contributed by atoms with Gasteiger partial charge in [0.1, 0.15) is 11.8 Å². The number of carbonyl (C=O) groups is 1. The van der Waals surface area contributed by atoms with Gasteiger partial charge >= 0.3 is 11.7 Å². The number of esters is 1. The standard InChI is InChI=1S/C13H13F3N2O5/c1-22-12(19)7-4-8(14)11(18(20)21)9(5-7)17-2-3-23-10-6-13(10,15)16/h4-5,10,17H,2-3,6H2,1H3. The molecule has 0 spiro atoms. The molecule has 0 bridgehead atoms. The highest BCUT2D eigenvalue weighted by atomic mass is 19.3. The van der Waals surface area contributed by atoms with Crippen molar-refractivity contribution in [2.24, 2.45) is 0 Å². The van der Waals surface area contributed by atoms with E-state index < -0.39 is 34.4 Å². The molecule has 0 heterocycles. The van der Waals surface area contributed by atoms with Gasteiger partial charge in [0.2, 0.25) is 5.82 Å². The van der Waals surface area contributed by atoms with E-state index in [2.05, 4.69) is 10.1 Å². The fourth-order valence-electron chi connectivity index (χ4n) is 1.91. The van der Waals surface area contributed by atoms with E-state index >= 15 is 0 Å². The first-order valence-corrected chi connectivity index (χ1v) is 6.56. The van der Waals surface area contributed by atoms with E-state index in [1.165, 1.54) is 0 Å². The molecule has 1 saturated carbocycles. The summed E-state index contributed by atoms with van der Waals surface area (Å²) in [6, 6.07) is 1.75. The van der Waals surface area contributed by atoms with E-state index in [1.807, 2.05) is 0 Å². The lowest BCUT2D eigenvalue weighted by Crippen LogP contribution is -2.15. The summed E-state index contributed by atoms with van der Waals surface area (Å²) < 4.78 is 48.3. The summed E-state index contributed by atoms with van der Waals surface area (Å²) in [5, 5.41) is 13.4. The molecular weight excluding hydrogens is 321 g/mol. The molecule has 1 N–H and O–H groups in total. The Morgan fingerprint density at radius 2 is 2.17 bits per heavy atom. The highest BCUT2D eigenvalue weighted by molar-refractivity contribution is 5.91. The normalized spacial score (nSPS) is 18.3. The van der Waals surface area contributed by atoms with Gasteiger partial charge in [-0.2, -0.15) is 4.39 Å². The van der Waals surface area contributed by atoms with Crippen LogP contribution in [0.2, 0.25) is 0 Å². The van der Waals surface area contributed by atoms with Crippen molar-refractivity contribution in [1.29, 1.82) is 0 Å². The van der Waals surface area contributed by atoms with Crippen LogP contribution in [0, 0.1) is 15.9 Å². The average Bonchev–Trinajstić information content (AvgIpc) is 3.08. The van der Waals surface area contributed by atoms with Crippen molar-refractivity contribution in [2.45, 2.75) is 18.4 Å². The van der Waals surface area contributed by atoms with Gasteiger partial charge < -0.3 is 14.8 Å². The van der Waals surface area contributed by atoms with E-state index in [4.69, 9.17) is 4.74 Å². The molecular formula is C13H13F3N2O5. The number of nitrogens with zero attached hydrogens (tertiary/aromatic N) is 1. The quantitative estimate of drug-likeness (QED) is 0.356. The largest absolute Gasteiger partial charge is 0.465 e. The second-order valence-electron chi connectivity index (χ2n) is 4.85. The maximum atomic E-state index is 13.8. The number of benzene rings is 1. The van der Waals surface area contributed by atoms with Crippen LogP contribution >= 0.6 is 0 Å². The Balaban J connectivity index is 2.06. The summed E-state index contributed by atoms with van der Waals surface area (Å²) in [6.07, 6.45) is -1.52. The summed E-state index contributed by atoms with van der Waals surface area (Å²) in [7, 11) is 1.08. The topological polar surface area (TPSA) is 90.7 Å². The molecule has 23 heavy (non-hydrogen) atoms. The number of hydrogen-bond acceptors (Lipinski definition) is 6. The van der Waals surface area contributed by atoms with E-state index in [-0.39, 0.29) is 30.8 Å². The number of alkyl halides is 2. The van der Waals surface area contributed by atoms with Gasteiger partial charge in [0.05, 0.1) is 24.2 Å². The van der Waals surface area contributed by atoms with Crippen molar-refractivity contribution in [1.82, 2.24) is 0 Å². The van der Waals surface area contributed by atoms with Crippen LogP contribution in [-0.4, -0.2) is 43.2 Å². The number of anilines is 1. The minimum absolute atomic E-state index is 0.0719. The zero-order chi connectivity index (χ0) is 17.2. The van der Waals surface area contributed by atoms with Crippen LogP contribution in [0.5, 0.6) is 0 Å². The predicted molar refractivity (Wildman–Crippen MR) is 72.2 cm³/mol. The second kappa shape index (κ2) is 6.41. The lowest BCUT2D eigenvalue weighted by Gasteiger charge is -2.10. The number of hydrogen-bond donors (Lipinski definition) is 1. The first-order chi connectivity index (χ1) is 10.8. The van der Waals surface area contributed by atoms with Crippen molar-refractivity contribution < 1.29 is 32.4 Å². The molecule has 1 fully saturated rings. The third-order valence-corrected chi connectivity index (χ3v) is 3.17. The zero-order valence-corrected chi connectivity index (χ0v) is 12.0. The number of rotatable bonds is 7. The van der Waals surface area contributed by atoms with Gasteiger partial charge in [0, 0.05) is 13.0 Å². The number of carbonyl (C=O) groups excluding carboxylic acids is 1. The van der Waals surface area contributed by atoms with Gasteiger partial charge in [-0.1, -0.05) is 0 Å². The fraction of sp³-hybridized carbons (Fsp3) is 0.462. The first-order valence-electron chi connectivity index (χ1n) is 6.56. The number of ether oxygens (including phenoxy) is 2. The molecule has 0 aromatic heterocycles. The molecule has 1 atom stereocenters. The van der Waals surface area contributed by atoms with E-state index in [9.17, 15) is 28.1 Å². The van der Waals surface area contributed by atoms with Crippen LogP contribution in [0.25, 0.3) is 0 Å². The summed E-state index contributed by atoms with van der Waals surface area (Å²) in [5.74, 6) is -4.91. The summed E-state index contributed by atoms with van der Waals surface area (Å²) in [4.78, 5) is 21.4. The van der Waals surface area contributed by atoms with E-state index in [0.29, 0.717) is 6.07 Å². The number of methoxy groups -OCH3 is 1. The maximum absolute atomic E-state index is 13.8. The van der Waals surface area contributed by atoms with E-state index in [0.717, 1.165) is 13.2 Å². The van der Waals surface area contributed by atoms with Crippen molar-refractivity contribution in [3.8, 4) is 0 Å². The molecule has 1 aromatic carbocycles. The van der Waals surface area contributed by atoms with Gasteiger partial charge in [-0.25, -0.2) is 13.6 Å². The third-order valence-electron chi connectivity index (χ3n) is 3.17. The Morgan fingerprint density at radius 1 is 1.52 bits per heavy atom. The van der Waals surface area contributed by atoms with Gasteiger partial charge in [-0.05, 0) is 12.1 Å². The predicted octanol–water partition coefficient (Wildman–Crippen LogP) is 2.36. The van der Waals surface area contributed by atoms with Crippen molar-refractivity contribution in [3.63, 3.8) is 0 Å². The lowest BCUT2D eigenvalue weighted by molar-refractivity contribution is -0.386. The van der Waals surface area contributed by atoms with Crippen molar-refractivity contribution >= 4 is 17.3 Å². The van der Waals surface area contributed by atoms with Crippen LogP contribution in [-0.2, 0) is 9.47 Å². The van der Waals surface area contributed by atoms with Gasteiger partial charge in [-0.15, -0.1) is 0 Å². The van der Waals surface area contributed by atoms with E-state index in [1.54, 1.807) is 0 Å². The van der Waals surface area contributed by atoms with Crippen molar-refractivity contribution in [2.75, 3.05) is 25.6 Å². The molecule has 2 rings (SSSR count). The van der Waals surface area contributed by atoms with Gasteiger partial charge in [0.15, 0.2) is 0 Å². The first kappa shape index (κ1) is 17.0. The Bertz CT molecular complexity index is 638. The fourth-order valence-corrected chi connectivity index (χ4v) is 1.91. The van der Waals surface area contributed by atoms with Gasteiger partial charge in [0.25, 0.3) is 5.92 Å². The summed E-state index contributed by atoms with van der Waals surface area (Å²) >= 11 is 0. The molecule has 7 nitrogen and oxygen atoms in total. The van der Waals surface area contributed by atoms with Crippen LogP contribution < -0.4 is 5.32 Å². The lowest BCUT2D eigenvalue weighted by atomic mass is 10.1. The number of nitro benzene ring substituents is 1. The highest BCUT2D eigenvalue weighted by Crippen LogP contribution is 2.44. The SMILES string of the molecule is COC(=O)c1cc(F)c([N+](=O)[O-])c(NCCOC2CC2(F)F)c1. The molecule has 1 aromatic rings. The zero-order valence-electron chi connectivity index (χ0n) is 12.0. The Labute approximate surface area is 128 Å². The second-order valence-corrected chi connectivity index (χ2v) is 4.85. The third kappa shape index (κ3) is 3.89. The monoisotopic (exact) mass is 334 g/mol. The summed E-state index contributed by atoms with van der Waals surface area (Å²) in [5.41, 5.74) is -1.33. The maximum Gasteiger partial charge on any atom is 0.338 e. The smallest absolute Gasteiger partial charge is 0.338 e. The molecule has 1 aliphatic carbocycles. The molecule has 0 aliphatic heterocycles. The van der Waals surface area contributed by atoms with Crippen molar-refractivity contribution in [3.05, 3.63) is 33.6 Å². The van der Waals surface area contributed by atoms with Crippen LogP contribution in [0.1, 0.15) is 16.8 Å². The van der Waals surface area contributed by atoms with Gasteiger partial charge in [-0.3, -0.25) is 10.1 Å². The summed E-state index contributed by atoms with van der Waals surface area (Å²) in [6.45, 7) is -0.223. The molecule has 10 heteroatoms. The molecule has 1 aliphatic rings. The average molecular weight is 334 g/mol.